The summed E-state index contributed by atoms with van der Waals surface area (Å²) in [6, 6.07) is 7.02. The Bertz CT molecular complexity index is 1160. The highest BCUT2D eigenvalue weighted by molar-refractivity contribution is 8.00. The lowest BCUT2D eigenvalue weighted by atomic mass is 9.89. The summed E-state index contributed by atoms with van der Waals surface area (Å²) in [6.07, 6.45) is 1.86. The van der Waals surface area contributed by atoms with Crippen LogP contribution in [0.5, 0.6) is 5.75 Å². The van der Waals surface area contributed by atoms with Crippen LogP contribution in [0.2, 0.25) is 0 Å². The number of carbonyl (C=O) groups is 3. The monoisotopic (exact) mass is 486 g/mol. The Kier molecular flexibility index (Phi) is 6.05. The van der Waals surface area contributed by atoms with Crippen LogP contribution in [0.15, 0.2) is 35.6 Å². The summed E-state index contributed by atoms with van der Waals surface area (Å²) in [7, 11) is 0. The van der Waals surface area contributed by atoms with Crippen molar-refractivity contribution in [1.82, 2.24) is 14.9 Å². The molecule has 0 spiro atoms. The second-order valence-corrected chi connectivity index (χ2v) is 9.63. The summed E-state index contributed by atoms with van der Waals surface area (Å²) in [5.74, 6) is -1.07. The van der Waals surface area contributed by atoms with Gasteiger partial charge in [0.1, 0.15) is 28.6 Å². The number of rotatable bonds is 7. The molecule has 2 fully saturated rings. The zero-order chi connectivity index (χ0) is 23.8. The summed E-state index contributed by atoms with van der Waals surface area (Å²) >= 11 is 2.37. The maximum atomic E-state index is 12.9. The minimum Gasteiger partial charge on any atom is -0.508 e. The number of aliphatic carboxylic acids is 1. The van der Waals surface area contributed by atoms with Crippen molar-refractivity contribution >= 4 is 53.2 Å². The van der Waals surface area contributed by atoms with Crippen molar-refractivity contribution in [3.8, 4) is 11.8 Å². The zero-order valence-corrected chi connectivity index (χ0v) is 18.6. The number of anilines is 2. The molecule has 3 heterocycles. The molecule has 33 heavy (non-hydrogen) atoms. The molecule has 2 aliphatic heterocycles. The molecule has 4 rings (SSSR count). The number of thioether (sulfide) groups is 2. The summed E-state index contributed by atoms with van der Waals surface area (Å²) in [6.45, 7) is -0.0231. The van der Waals surface area contributed by atoms with Gasteiger partial charge in [0, 0.05) is 23.7 Å². The number of nitriles is 1. The molecule has 4 N–H and O–H groups in total. The normalized spacial score (nSPS) is 23.7. The standard InChI is InChI=1S/C20H18N6O5S2/c21-5-14-13(22)6-23-19(24-14)33-9-20(18(30)31)7-25-16(29)15(17(25)32-8-20)26(10-27)11-1-3-12(28)4-2-11/h1-4,6,10,15,17,28H,7-9,22H2,(H,30,31)/t15?,17-,20?/m1/s1. The third-order valence-electron chi connectivity index (χ3n) is 5.51. The van der Waals surface area contributed by atoms with Crippen molar-refractivity contribution in [2.45, 2.75) is 16.6 Å². The van der Waals surface area contributed by atoms with Crippen LogP contribution in [0.3, 0.4) is 0 Å². The molecule has 1 aromatic carbocycles. The fourth-order valence-electron chi connectivity index (χ4n) is 3.65. The molecule has 13 heteroatoms. The summed E-state index contributed by atoms with van der Waals surface area (Å²) < 4.78 is 0. The van der Waals surface area contributed by atoms with Gasteiger partial charge in [-0.25, -0.2) is 9.97 Å². The third kappa shape index (κ3) is 4.03. The molecule has 1 aromatic heterocycles. The number of fused-ring (bicyclic) bond motifs is 1. The first-order valence-electron chi connectivity index (χ1n) is 9.63. The van der Waals surface area contributed by atoms with Gasteiger partial charge in [-0.05, 0) is 24.3 Å². The van der Waals surface area contributed by atoms with E-state index in [0.29, 0.717) is 12.1 Å². The first-order chi connectivity index (χ1) is 15.8. The number of phenolic OH excluding ortho intramolecular Hbond substituents is 1. The number of aromatic hydroxyl groups is 1. The number of benzene rings is 1. The molecule has 11 nitrogen and oxygen atoms in total. The Labute approximate surface area is 196 Å². The molecule has 2 saturated heterocycles. The molecule has 2 amide bonds. The number of aromatic nitrogens is 2. The minimum atomic E-state index is -1.26. The van der Waals surface area contributed by atoms with E-state index in [0.717, 1.165) is 11.8 Å². The number of carboxylic acid groups (broad SMARTS) is 1. The number of β-lactam (4-membered cyclic amide) rings is 1. The van der Waals surface area contributed by atoms with Crippen molar-refractivity contribution in [2.75, 3.05) is 28.7 Å². The van der Waals surface area contributed by atoms with E-state index in [-0.39, 0.29) is 51.6 Å². The summed E-state index contributed by atoms with van der Waals surface area (Å²) in [5.41, 5.74) is 4.98. The quantitative estimate of drug-likeness (QED) is 0.218. The van der Waals surface area contributed by atoms with Gasteiger partial charge < -0.3 is 20.8 Å². The van der Waals surface area contributed by atoms with E-state index in [1.807, 2.05) is 6.07 Å². The Morgan fingerprint density at radius 2 is 2.18 bits per heavy atom. The van der Waals surface area contributed by atoms with Gasteiger partial charge in [0.2, 0.25) is 12.3 Å². The fraction of sp³-hybridized carbons (Fsp3) is 0.300. The second kappa shape index (κ2) is 8.80. The number of carbonyl (C=O) groups excluding carboxylic acids is 2. The van der Waals surface area contributed by atoms with E-state index >= 15 is 0 Å². The van der Waals surface area contributed by atoms with Gasteiger partial charge in [0.15, 0.2) is 10.9 Å². The molecule has 2 unspecified atom stereocenters. The topological polar surface area (TPSA) is 174 Å². The van der Waals surface area contributed by atoms with E-state index in [9.17, 15) is 24.6 Å². The van der Waals surface area contributed by atoms with Gasteiger partial charge in [-0.1, -0.05) is 11.8 Å². The molecule has 3 atom stereocenters. The van der Waals surface area contributed by atoms with Crippen LogP contribution in [-0.4, -0.2) is 72.8 Å². The Morgan fingerprint density at radius 1 is 1.45 bits per heavy atom. The number of nitrogens with two attached hydrogens (primary N) is 1. The molecular weight excluding hydrogens is 468 g/mol. The molecule has 0 aliphatic carbocycles. The number of phenols is 1. The van der Waals surface area contributed by atoms with Crippen molar-refractivity contribution in [1.29, 1.82) is 5.26 Å². The van der Waals surface area contributed by atoms with Crippen LogP contribution in [-0.2, 0) is 14.4 Å². The predicted molar refractivity (Wildman–Crippen MR) is 120 cm³/mol. The van der Waals surface area contributed by atoms with Crippen molar-refractivity contribution in [3.63, 3.8) is 0 Å². The highest BCUT2D eigenvalue weighted by atomic mass is 32.2. The number of carboxylic acids is 1. The average molecular weight is 487 g/mol. The van der Waals surface area contributed by atoms with Gasteiger partial charge >= 0.3 is 5.97 Å². The fourth-order valence-corrected chi connectivity index (χ4v) is 6.38. The van der Waals surface area contributed by atoms with Gasteiger partial charge in [-0.15, -0.1) is 11.8 Å². The molecule has 0 bridgehead atoms. The molecule has 0 radical (unpaired) electrons. The van der Waals surface area contributed by atoms with Crippen LogP contribution in [0, 0.1) is 16.7 Å². The average Bonchev–Trinajstić information content (AvgIpc) is 2.82. The Balaban J connectivity index is 1.49. The predicted octanol–water partition coefficient (Wildman–Crippen LogP) is 0.746. The van der Waals surface area contributed by atoms with Crippen LogP contribution in [0.25, 0.3) is 0 Å². The van der Waals surface area contributed by atoms with Crippen LogP contribution in [0.1, 0.15) is 5.69 Å². The summed E-state index contributed by atoms with van der Waals surface area (Å²) in [4.78, 5) is 47.7. The first-order valence-corrected chi connectivity index (χ1v) is 11.7. The largest absolute Gasteiger partial charge is 0.508 e. The molecule has 0 saturated carbocycles. The lowest BCUT2D eigenvalue weighted by molar-refractivity contribution is -0.155. The highest BCUT2D eigenvalue weighted by Crippen LogP contribution is 2.46. The number of hydrogen-bond donors (Lipinski definition) is 3. The van der Waals surface area contributed by atoms with Gasteiger partial charge in [0.25, 0.3) is 0 Å². The van der Waals surface area contributed by atoms with E-state index < -0.39 is 17.4 Å². The lowest BCUT2D eigenvalue weighted by Gasteiger charge is -2.55. The Hall–Kier alpha value is -3.50. The maximum Gasteiger partial charge on any atom is 0.313 e. The highest BCUT2D eigenvalue weighted by Gasteiger charge is 2.59. The molecule has 2 aromatic rings. The number of amides is 2. The van der Waals surface area contributed by atoms with E-state index in [4.69, 9.17) is 11.0 Å². The second-order valence-electron chi connectivity index (χ2n) is 7.58. The maximum absolute atomic E-state index is 12.9. The molecular formula is C20H18N6O5S2. The van der Waals surface area contributed by atoms with E-state index in [2.05, 4.69) is 9.97 Å². The minimum absolute atomic E-state index is 0.0129. The molecule has 2 aliphatic rings. The third-order valence-corrected chi connectivity index (χ3v) is 8.23. The van der Waals surface area contributed by atoms with Crippen molar-refractivity contribution < 1.29 is 24.6 Å². The number of nitrogens with zero attached hydrogens (tertiary/aromatic N) is 5. The molecule has 170 valence electrons. The van der Waals surface area contributed by atoms with Crippen molar-refractivity contribution in [3.05, 3.63) is 36.2 Å². The SMILES string of the molecule is N#Cc1nc(SCC2(C(=O)O)CS[C@@H]3C(N(C=O)c4ccc(O)cc4)C(=O)N3C2)ncc1N. The first kappa shape index (κ1) is 22.7. The van der Waals surface area contributed by atoms with Crippen molar-refractivity contribution in [2.24, 2.45) is 5.41 Å². The lowest BCUT2D eigenvalue weighted by Crippen LogP contribution is -2.74. The Morgan fingerprint density at radius 3 is 2.82 bits per heavy atom. The zero-order valence-electron chi connectivity index (χ0n) is 17.0. The van der Waals surface area contributed by atoms with Crippen LogP contribution < -0.4 is 10.6 Å². The summed E-state index contributed by atoms with van der Waals surface area (Å²) in [5, 5.41) is 28.4. The number of nitrogen functional groups attached to an aromatic ring is 1. The van der Waals surface area contributed by atoms with Gasteiger partial charge in [-0.2, -0.15) is 5.26 Å². The van der Waals surface area contributed by atoms with Crippen LogP contribution >= 0.6 is 23.5 Å². The van der Waals surface area contributed by atoms with E-state index in [1.54, 1.807) is 0 Å². The van der Waals surface area contributed by atoms with E-state index in [1.165, 1.54) is 52.0 Å². The van der Waals surface area contributed by atoms with Crippen LogP contribution in [0.4, 0.5) is 11.4 Å². The van der Waals surface area contributed by atoms with Gasteiger partial charge in [-0.3, -0.25) is 19.3 Å². The number of hydrogen-bond acceptors (Lipinski definition) is 10. The smallest absolute Gasteiger partial charge is 0.313 e. The van der Waals surface area contributed by atoms with Gasteiger partial charge in [0.05, 0.1) is 11.9 Å².